The molecule has 2 aromatic carbocycles. The van der Waals surface area contributed by atoms with Crippen LogP contribution in [0.5, 0.6) is 11.5 Å². The molecule has 4 atom stereocenters. The summed E-state index contributed by atoms with van der Waals surface area (Å²) in [5.41, 5.74) is 0.597. The number of hydrogen-bond acceptors (Lipinski definition) is 7. The number of ketones is 1. The molecule has 1 aromatic heterocycles. The van der Waals surface area contributed by atoms with Crippen molar-refractivity contribution >= 4 is 28.7 Å². The van der Waals surface area contributed by atoms with E-state index in [-0.39, 0.29) is 24.7 Å². The Morgan fingerprint density at radius 1 is 1.14 bits per heavy atom. The molecule has 0 spiro atoms. The van der Waals surface area contributed by atoms with Crippen LogP contribution in [0.2, 0.25) is 0 Å². The Balaban J connectivity index is 1.46. The van der Waals surface area contributed by atoms with E-state index in [2.05, 4.69) is 11.9 Å². The normalized spacial score (nSPS) is 23.0. The van der Waals surface area contributed by atoms with Gasteiger partial charge in [0.2, 0.25) is 5.91 Å². The number of carbonyl (C=O) groups is 3. The number of likely N-dealkylation sites (tertiary alicyclic amines) is 1. The number of nitrogens with zero attached hydrogens (tertiary/aromatic N) is 2. The first kappa shape index (κ1) is 30.1. The standard InChI is InChI=1S/C34H39N3O6/c1-7-22-19-34(22,30(38)8-2)36-31(39)28-17-24(20-37(28)32(40)43-33(3,4)5)42-29-18-26(21-12-10-9-11-13-21)35-27-16-23(41-6)14-15-25(27)29/h7,9-16,18,22,24,28H,1,8,17,19-20H2,2-6H3,(H,36,39)/t22?,24-,28+,34-/m1/s1. The number of aromatic nitrogens is 1. The molecule has 1 saturated carbocycles. The lowest BCUT2D eigenvalue weighted by molar-refractivity contribution is -0.131. The molecule has 1 saturated heterocycles. The van der Waals surface area contributed by atoms with Crippen molar-refractivity contribution < 1.29 is 28.6 Å². The first-order valence-corrected chi connectivity index (χ1v) is 14.7. The smallest absolute Gasteiger partial charge is 0.411 e. The minimum absolute atomic E-state index is 0.0486. The number of pyridine rings is 1. The van der Waals surface area contributed by atoms with Gasteiger partial charge in [0.05, 0.1) is 24.9 Å². The Morgan fingerprint density at radius 2 is 1.88 bits per heavy atom. The molecule has 1 N–H and O–H groups in total. The topological polar surface area (TPSA) is 107 Å². The van der Waals surface area contributed by atoms with Gasteiger partial charge in [0.15, 0.2) is 5.78 Å². The molecule has 3 aromatic rings. The number of fused-ring (bicyclic) bond motifs is 1. The highest BCUT2D eigenvalue weighted by Gasteiger charge is 2.59. The Hall–Kier alpha value is -4.40. The van der Waals surface area contributed by atoms with E-state index in [0.29, 0.717) is 29.9 Å². The number of rotatable bonds is 9. The van der Waals surface area contributed by atoms with Crippen molar-refractivity contribution in [3.05, 3.63) is 67.3 Å². The van der Waals surface area contributed by atoms with Crippen LogP contribution < -0.4 is 14.8 Å². The summed E-state index contributed by atoms with van der Waals surface area (Å²) in [6, 6.07) is 16.3. The van der Waals surface area contributed by atoms with Crippen LogP contribution in [-0.2, 0) is 14.3 Å². The molecule has 1 aliphatic heterocycles. The Bertz CT molecular complexity index is 1550. The van der Waals surface area contributed by atoms with E-state index in [9.17, 15) is 14.4 Å². The fraction of sp³-hybridized carbons (Fsp3) is 0.412. The van der Waals surface area contributed by atoms with Gasteiger partial charge in [-0.1, -0.05) is 43.3 Å². The average molecular weight is 586 g/mol. The summed E-state index contributed by atoms with van der Waals surface area (Å²) in [6.07, 6.45) is 1.59. The van der Waals surface area contributed by atoms with Gasteiger partial charge < -0.3 is 19.5 Å². The summed E-state index contributed by atoms with van der Waals surface area (Å²) >= 11 is 0. The Labute approximate surface area is 252 Å². The first-order chi connectivity index (χ1) is 20.5. The number of benzene rings is 2. The highest BCUT2D eigenvalue weighted by atomic mass is 16.6. The summed E-state index contributed by atoms with van der Waals surface area (Å²) in [7, 11) is 1.60. The maximum Gasteiger partial charge on any atom is 0.411 e. The summed E-state index contributed by atoms with van der Waals surface area (Å²) in [6.45, 7) is 11.1. The van der Waals surface area contributed by atoms with Crippen LogP contribution in [0.3, 0.4) is 0 Å². The summed E-state index contributed by atoms with van der Waals surface area (Å²) in [4.78, 5) is 46.2. The van der Waals surface area contributed by atoms with Crippen LogP contribution in [0.25, 0.3) is 22.2 Å². The van der Waals surface area contributed by atoms with E-state index < -0.39 is 35.3 Å². The SMILES string of the molecule is C=CC1C[C@]1(NC(=O)[C@@H]1C[C@@H](Oc2cc(-c3ccccc3)nc3cc(OC)ccc23)CN1C(=O)OC(C)(C)C)C(=O)CC. The highest BCUT2D eigenvalue weighted by molar-refractivity contribution is 5.98. The summed E-state index contributed by atoms with van der Waals surface area (Å²) in [5.74, 6) is 0.653. The molecule has 9 nitrogen and oxygen atoms in total. The van der Waals surface area contributed by atoms with Gasteiger partial charge in [0, 0.05) is 41.8 Å². The quantitative estimate of drug-likeness (QED) is 0.321. The minimum Gasteiger partial charge on any atom is -0.497 e. The van der Waals surface area contributed by atoms with Gasteiger partial charge in [0.1, 0.15) is 34.8 Å². The number of nitrogens with one attached hydrogen (secondary N) is 1. The van der Waals surface area contributed by atoms with Gasteiger partial charge in [0.25, 0.3) is 0 Å². The van der Waals surface area contributed by atoms with E-state index in [0.717, 1.165) is 16.6 Å². The molecule has 2 aliphatic rings. The lowest BCUT2D eigenvalue weighted by Gasteiger charge is -2.29. The van der Waals surface area contributed by atoms with Crippen molar-refractivity contribution in [3.63, 3.8) is 0 Å². The summed E-state index contributed by atoms with van der Waals surface area (Å²) in [5, 5.41) is 3.75. The van der Waals surface area contributed by atoms with Crippen LogP contribution in [0.1, 0.15) is 47.0 Å². The van der Waals surface area contributed by atoms with Crippen molar-refractivity contribution in [1.82, 2.24) is 15.2 Å². The number of amides is 2. The third kappa shape index (κ3) is 6.21. The molecular weight excluding hydrogens is 546 g/mol. The van der Waals surface area contributed by atoms with Gasteiger partial charge in [-0.25, -0.2) is 9.78 Å². The molecule has 2 fully saturated rings. The van der Waals surface area contributed by atoms with Crippen molar-refractivity contribution in [3.8, 4) is 22.8 Å². The van der Waals surface area contributed by atoms with Crippen LogP contribution in [-0.4, -0.2) is 64.6 Å². The van der Waals surface area contributed by atoms with Gasteiger partial charge in [-0.05, 0) is 39.3 Å². The number of carbonyl (C=O) groups excluding carboxylic acids is 3. The third-order valence-corrected chi connectivity index (χ3v) is 8.00. The average Bonchev–Trinajstić information content (AvgIpc) is 3.54. The zero-order chi connectivity index (χ0) is 30.9. The monoisotopic (exact) mass is 585 g/mol. The van der Waals surface area contributed by atoms with Crippen molar-refractivity contribution in [1.29, 1.82) is 0 Å². The minimum atomic E-state index is -0.975. The third-order valence-electron chi connectivity index (χ3n) is 8.00. The second-order valence-electron chi connectivity index (χ2n) is 12.2. The fourth-order valence-corrected chi connectivity index (χ4v) is 5.72. The zero-order valence-corrected chi connectivity index (χ0v) is 25.4. The van der Waals surface area contributed by atoms with Gasteiger partial charge in [-0.3, -0.25) is 14.5 Å². The molecular formula is C34H39N3O6. The molecule has 2 heterocycles. The molecule has 1 aliphatic carbocycles. The lowest BCUT2D eigenvalue weighted by atomic mass is 10.0. The predicted octanol–water partition coefficient (Wildman–Crippen LogP) is 5.71. The second-order valence-corrected chi connectivity index (χ2v) is 12.2. The Kier molecular flexibility index (Phi) is 8.18. The van der Waals surface area contributed by atoms with Crippen molar-refractivity contribution in [2.45, 2.75) is 70.2 Å². The second kappa shape index (κ2) is 11.7. The molecule has 0 bridgehead atoms. The molecule has 0 radical (unpaired) electrons. The molecule has 5 rings (SSSR count). The predicted molar refractivity (Wildman–Crippen MR) is 164 cm³/mol. The van der Waals surface area contributed by atoms with E-state index >= 15 is 0 Å². The highest BCUT2D eigenvalue weighted by Crippen LogP contribution is 2.46. The maximum atomic E-state index is 13.8. The van der Waals surface area contributed by atoms with Crippen LogP contribution in [0.15, 0.2) is 67.3 Å². The van der Waals surface area contributed by atoms with Crippen molar-refractivity contribution in [2.24, 2.45) is 5.92 Å². The van der Waals surface area contributed by atoms with E-state index in [1.807, 2.05) is 54.6 Å². The van der Waals surface area contributed by atoms with Crippen molar-refractivity contribution in [2.75, 3.05) is 13.7 Å². The van der Waals surface area contributed by atoms with E-state index in [1.54, 1.807) is 40.9 Å². The molecule has 1 unspecified atom stereocenters. The van der Waals surface area contributed by atoms with Gasteiger partial charge in [-0.2, -0.15) is 0 Å². The first-order valence-electron chi connectivity index (χ1n) is 14.7. The number of hydrogen-bond donors (Lipinski definition) is 1. The maximum absolute atomic E-state index is 13.8. The Morgan fingerprint density at radius 3 is 2.51 bits per heavy atom. The van der Waals surface area contributed by atoms with Crippen LogP contribution >= 0.6 is 0 Å². The largest absolute Gasteiger partial charge is 0.497 e. The summed E-state index contributed by atoms with van der Waals surface area (Å²) < 4.78 is 17.7. The van der Waals surface area contributed by atoms with Gasteiger partial charge >= 0.3 is 6.09 Å². The lowest BCUT2D eigenvalue weighted by Crippen LogP contribution is -2.53. The number of methoxy groups -OCH3 is 1. The van der Waals surface area contributed by atoms with E-state index in [1.165, 1.54) is 4.90 Å². The van der Waals surface area contributed by atoms with E-state index in [4.69, 9.17) is 19.2 Å². The molecule has 2 amide bonds. The molecule has 9 heteroatoms. The number of ether oxygens (including phenoxy) is 3. The van der Waals surface area contributed by atoms with Gasteiger partial charge in [-0.15, -0.1) is 6.58 Å². The number of Topliss-reactive ketones (excluding diaryl/α,β-unsaturated/α-hetero) is 1. The molecule has 43 heavy (non-hydrogen) atoms. The molecule has 226 valence electrons. The van der Waals surface area contributed by atoms with Crippen LogP contribution in [0, 0.1) is 5.92 Å². The zero-order valence-electron chi connectivity index (χ0n) is 25.4. The van der Waals surface area contributed by atoms with Crippen LogP contribution in [0.4, 0.5) is 4.79 Å². The fourth-order valence-electron chi connectivity index (χ4n) is 5.72.